The number of aryl methyl sites for hydroxylation is 2. The predicted octanol–water partition coefficient (Wildman–Crippen LogP) is 3.18. The van der Waals surface area contributed by atoms with Gasteiger partial charge in [0.25, 0.3) is 0 Å². The van der Waals surface area contributed by atoms with Crippen LogP contribution in [0.15, 0.2) is 10.5 Å². The third-order valence-corrected chi connectivity index (χ3v) is 4.50. The Hall–Kier alpha value is -0.450. The Morgan fingerprint density at radius 3 is 2.87 bits per heavy atom. The molecule has 0 saturated heterocycles. The highest BCUT2D eigenvalue weighted by Crippen LogP contribution is 2.32. The molecule has 0 spiro atoms. The first-order valence-corrected chi connectivity index (χ1v) is 6.49. The minimum absolute atomic E-state index is 0.666. The first kappa shape index (κ1) is 11.0. The molecule has 0 amide bonds. The number of aromatic nitrogens is 1. The smallest absolute Gasteiger partial charge is 0.0951 e. The predicted molar refractivity (Wildman–Crippen MR) is 69.6 cm³/mol. The summed E-state index contributed by atoms with van der Waals surface area (Å²) in [6.07, 6.45) is 0.871. The molecule has 0 fully saturated rings. The highest BCUT2D eigenvalue weighted by molar-refractivity contribution is 9.10. The molecule has 0 saturated carbocycles. The molecule has 0 aliphatic carbocycles. The lowest BCUT2D eigenvalue weighted by Crippen LogP contribution is -2.01. The monoisotopic (exact) mass is 284 g/mol. The highest BCUT2D eigenvalue weighted by atomic mass is 79.9. The molecule has 0 bridgehead atoms. The summed E-state index contributed by atoms with van der Waals surface area (Å²) in [5, 5.41) is 1.14. The summed E-state index contributed by atoms with van der Waals surface area (Å²) in [6, 6.07) is 2.13. The van der Waals surface area contributed by atoms with Crippen LogP contribution in [0.2, 0.25) is 0 Å². The topological polar surface area (TPSA) is 38.9 Å². The quantitative estimate of drug-likeness (QED) is 0.920. The van der Waals surface area contributed by atoms with Crippen molar-refractivity contribution in [3.05, 3.63) is 26.7 Å². The van der Waals surface area contributed by atoms with Gasteiger partial charge in [-0.05, 0) is 37.6 Å². The summed E-state index contributed by atoms with van der Waals surface area (Å²) in [7, 11) is 0. The van der Waals surface area contributed by atoms with Gasteiger partial charge in [-0.2, -0.15) is 0 Å². The van der Waals surface area contributed by atoms with Gasteiger partial charge in [0, 0.05) is 10.9 Å². The Morgan fingerprint density at radius 1 is 1.47 bits per heavy atom. The van der Waals surface area contributed by atoms with Gasteiger partial charge in [-0.3, -0.25) is 0 Å². The van der Waals surface area contributed by atoms with Crippen LogP contribution in [-0.2, 0) is 6.42 Å². The van der Waals surface area contributed by atoms with Gasteiger partial charge < -0.3 is 5.73 Å². The van der Waals surface area contributed by atoms with E-state index in [2.05, 4.69) is 40.8 Å². The molecular formula is C11H13BrN2S. The SMILES string of the molecule is Cc1cc(Br)c(C)c2sc(CCN)nc12. The van der Waals surface area contributed by atoms with E-state index in [0.717, 1.165) is 21.4 Å². The first-order valence-electron chi connectivity index (χ1n) is 4.88. The van der Waals surface area contributed by atoms with Crippen molar-refractivity contribution in [3.63, 3.8) is 0 Å². The number of nitrogens with two attached hydrogens (primary N) is 1. The normalized spacial score (nSPS) is 11.2. The Labute approximate surface area is 102 Å². The molecule has 2 N–H and O–H groups in total. The first-order chi connectivity index (χ1) is 7.13. The average Bonchev–Trinajstić information content (AvgIpc) is 2.60. The van der Waals surface area contributed by atoms with Crippen molar-refractivity contribution in [1.82, 2.24) is 4.98 Å². The van der Waals surface area contributed by atoms with Crippen LogP contribution >= 0.6 is 27.3 Å². The van der Waals surface area contributed by atoms with Crippen LogP contribution in [0.3, 0.4) is 0 Å². The van der Waals surface area contributed by atoms with Crippen LogP contribution in [0.4, 0.5) is 0 Å². The van der Waals surface area contributed by atoms with Gasteiger partial charge in [0.2, 0.25) is 0 Å². The molecule has 1 heterocycles. The van der Waals surface area contributed by atoms with E-state index in [0.29, 0.717) is 6.54 Å². The maximum Gasteiger partial charge on any atom is 0.0951 e. The van der Waals surface area contributed by atoms with E-state index in [9.17, 15) is 0 Å². The van der Waals surface area contributed by atoms with Crippen molar-refractivity contribution in [1.29, 1.82) is 0 Å². The van der Waals surface area contributed by atoms with E-state index >= 15 is 0 Å². The molecule has 1 aromatic heterocycles. The number of fused-ring (bicyclic) bond motifs is 1. The molecule has 15 heavy (non-hydrogen) atoms. The number of hydrogen-bond donors (Lipinski definition) is 1. The van der Waals surface area contributed by atoms with Gasteiger partial charge in [0.05, 0.1) is 15.2 Å². The Morgan fingerprint density at radius 2 is 2.20 bits per heavy atom. The van der Waals surface area contributed by atoms with E-state index in [1.165, 1.54) is 15.8 Å². The zero-order chi connectivity index (χ0) is 11.0. The number of nitrogens with zero attached hydrogens (tertiary/aromatic N) is 1. The number of benzene rings is 1. The second kappa shape index (κ2) is 4.20. The van der Waals surface area contributed by atoms with E-state index < -0.39 is 0 Å². The van der Waals surface area contributed by atoms with E-state index in [4.69, 9.17) is 5.73 Å². The van der Waals surface area contributed by atoms with Gasteiger partial charge >= 0.3 is 0 Å². The maximum absolute atomic E-state index is 5.55. The minimum atomic E-state index is 0.666. The fourth-order valence-corrected chi connectivity index (χ4v) is 3.42. The lowest BCUT2D eigenvalue weighted by atomic mass is 10.1. The zero-order valence-electron chi connectivity index (χ0n) is 8.80. The molecule has 0 aliphatic rings. The van der Waals surface area contributed by atoms with Crippen LogP contribution in [0.25, 0.3) is 10.2 Å². The van der Waals surface area contributed by atoms with Crippen molar-refractivity contribution in [2.24, 2.45) is 5.73 Å². The molecule has 1 aromatic carbocycles. The number of halogens is 1. The summed E-state index contributed by atoms with van der Waals surface area (Å²) in [6.45, 7) is 4.88. The van der Waals surface area contributed by atoms with Crippen molar-refractivity contribution >= 4 is 37.5 Å². The number of thiazole rings is 1. The maximum atomic E-state index is 5.55. The molecule has 80 valence electrons. The van der Waals surface area contributed by atoms with E-state index in [1.54, 1.807) is 11.3 Å². The summed E-state index contributed by atoms with van der Waals surface area (Å²) < 4.78 is 2.45. The molecule has 2 aromatic rings. The average molecular weight is 285 g/mol. The van der Waals surface area contributed by atoms with Gasteiger partial charge in [0.15, 0.2) is 0 Å². The Bertz CT molecular complexity index is 505. The van der Waals surface area contributed by atoms with Crippen LogP contribution < -0.4 is 5.73 Å². The summed E-state index contributed by atoms with van der Waals surface area (Å²) in [5.41, 5.74) is 9.17. The van der Waals surface area contributed by atoms with Crippen LogP contribution in [0, 0.1) is 13.8 Å². The molecule has 0 aliphatic heterocycles. The van der Waals surface area contributed by atoms with Crippen molar-refractivity contribution in [2.45, 2.75) is 20.3 Å². The van der Waals surface area contributed by atoms with Crippen LogP contribution in [-0.4, -0.2) is 11.5 Å². The second-order valence-corrected chi connectivity index (χ2v) is 5.56. The molecule has 2 rings (SSSR count). The van der Waals surface area contributed by atoms with Crippen molar-refractivity contribution in [3.8, 4) is 0 Å². The van der Waals surface area contributed by atoms with Gasteiger partial charge in [-0.15, -0.1) is 11.3 Å². The Balaban J connectivity index is 2.68. The van der Waals surface area contributed by atoms with Crippen molar-refractivity contribution < 1.29 is 0 Å². The van der Waals surface area contributed by atoms with Gasteiger partial charge in [0.1, 0.15) is 0 Å². The van der Waals surface area contributed by atoms with Crippen LogP contribution in [0.1, 0.15) is 16.1 Å². The number of hydrogen-bond acceptors (Lipinski definition) is 3. The van der Waals surface area contributed by atoms with E-state index in [-0.39, 0.29) is 0 Å². The second-order valence-electron chi connectivity index (χ2n) is 3.62. The zero-order valence-corrected chi connectivity index (χ0v) is 11.2. The lowest BCUT2D eigenvalue weighted by molar-refractivity contribution is 0.957. The minimum Gasteiger partial charge on any atom is -0.330 e. The van der Waals surface area contributed by atoms with E-state index in [1.807, 2.05) is 0 Å². The molecule has 2 nitrogen and oxygen atoms in total. The summed E-state index contributed by atoms with van der Waals surface area (Å²) >= 11 is 5.33. The largest absolute Gasteiger partial charge is 0.330 e. The molecular weight excluding hydrogens is 272 g/mol. The molecule has 0 atom stereocenters. The summed E-state index contributed by atoms with van der Waals surface area (Å²) in [5.74, 6) is 0. The fourth-order valence-electron chi connectivity index (χ4n) is 1.59. The molecule has 4 heteroatoms. The standard InChI is InChI=1S/C11H13BrN2S/c1-6-5-8(12)7(2)11-10(6)14-9(15-11)3-4-13/h5H,3-4,13H2,1-2H3. The fraction of sp³-hybridized carbons (Fsp3) is 0.364. The van der Waals surface area contributed by atoms with Gasteiger partial charge in [-0.25, -0.2) is 4.98 Å². The molecule has 0 unspecified atom stereocenters. The summed E-state index contributed by atoms with van der Waals surface area (Å²) in [4.78, 5) is 4.62. The number of rotatable bonds is 2. The van der Waals surface area contributed by atoms with Gasteiger partial charge in [-0.1, -0.05) is 15.9 Å². The van der Waals surface area contributed by atoms with Crippen molar-refractivity contribution in [2.75, 3.05) is 6.54 Å². The Kier molecular flexibility index (Phi) is 3.09. The third kappa shape index (κ3) is 1.94. The molecule has 0 radical (unpaired) electrons. The lowest BCUT2D eigenvalue weighted by Gasteiger charge is -2.01. The highest BCUT2D eigenvalue weighted by Gasteiger charge is 2.10. The van der Waals surface area contributed by atoms with Crippen LogP contribution in [0.5, 0.6) is 0 Å². The third-order valence-electron chi connectivity index (χ3n) is 2.45.